The van der Waals surface area contributed by atoms with Crippen LogP contribution < -0.4 is 5.32 Å². The number of ketones is 1. The number of hydrogen-bond acceptors (Lipinski definition) is 3. The zero-order valence-electron chi connectivity index (χ0n) is 9.53. The summed E-state index contributed by atoms with van der Waals surface area (Å²) in [6.07, 6.45) is 0. The van der Waals surface area contributed by atoms with Gasteiger partial charge in [0.05, 0.1) is 5.92 Å². The second kappa shape index (κ2) is 5.23. The van der Waals surface area contributed by atoms with Gasteiger partial charge in [-0.25, -0.2) is 0 Å². The quantitative estimate of drug-likeness (QED) is 0.833. The Kier molecular flexibility index (Phi) is 3.70. The van der Waals surface area contributed by atoms with Crippen LogP contribution in [0.3, 0.4) is 0 Å². The van der Waals surface area contributed by atoms with Crippen molar-refractivity contribution in [3.8, 4) is 0 Å². The first-order valence-corrected chi connectivity index (χ1v) is 5.72. The van der Waals surface area contributed by atoms with Crippen LogP contribution in [-0.4, -0.2) is 25.5 Å². The lowest BCUT2D eigenvalue weighted by atomic mass is 9.88. The van der Waals surface area contributed by atoms with Crippen LogP contribution in [0.4, 0.5) is 0 Å². The van der Waals surface area contributed by atoms with Crippen LogP contribution in [0.15, 0.2) is 24.3 Å². The summed E-state index contributed by atoms with van der Waals surface area (Å²) >= 11 is 0. The van der Waals surface area contributed by atoms with Crippen LogP contribution in [0.2, 0.25) is 0 Å². The van der Waals surface area contributed by atoms with Crippen LogP contribution >= 0.6 is 0 Å². The first kappa shape index (κ1) is 11.3. The number of hydrogen-bond donors (Lipinski definition) is 1. The lowest BCUT2D eigenvalue weighted by Gasteiger charge is -2.25. The minimum absolute atomic E-state index is 0.0449. The van der Waals surface area contributed by atoms with Gasteiger partial charge in [0.15, 0.2) is 5.78 Å². The average Bonchev–Trinajstić information content (AvgIpc) is 2.35. The molecule has 1 aliphatic rings. The van der Waals surface area contributed by atoms with E-state index in [1.807, 2.05) is 25.1 Å². The summed E-state index contributed by atoms with van der Waals surface area (Å²) < 4.78 is 5.19. The molecule has 1 N–H and O–H groups in total. The van der Waals surface area contributed by atoms with E-state index in [0.29, 0.717) is 6.61 Å². The highest BCUT2D eigenvalue weighted by Crippen LogP contribution is 2.24. The molecule has 1 aromatic carbocycles. The van der Waals surface area contributed by atoms with Crippen molar-refractivity contribution in [1.29, 1.82) is 0 Å². The van der Waals surface area contributed by atoms with E-state index in [9.17, 15) is 4.79 Å². The van der Waals surface area contributed by atoms with Crippen LogP contribution in [0.5, 0.6) is 0 Å². The third-order valence-corrected chi connectivity index (χ3v) is 2.93. The van der Waals surface area contributed by atoms with Gasteiger partial charge >= 0.3 is 0 Å². The highest BCUT2D eigenvalue weighted by atomic mass is 16.5. The fraction of sp³-hybridized carbons (Fsp3) is 0.462. The molecule has 0 saturated carbocycles. The van der Waals surface area contributed by atoms with Crippen molar-refractivity contribution in [3.05, 3.63) is 35.4 Å². The van der Waals surface area contributed by atoms with E-state index in [0.717, 1.165) is 18.7 Å². The molecule has 3 nitrogen and oxygen atoms in total. The summed E-state index contributed by atoms with van der Waals surface area (Å²) in [5.74, 6) is 0.123. The Morgan fingerprint density at radius 2 is 2.31 bits per heavy atom. The van der Waals surface area contributed by atoms with Crippen molar-refractivity contribution in [2.45, 2.75) is 19.4 Å². The molecule has 1 atom stereocenters. The Morgan fingerprint density at radius 1 is 1.50 bits per heavy atom. The number of nitrogens with one attached hydrogen (secondary N) is 1. The zero-order valence-corrected chi connectivity index (χ0v) is 9.53. The molecule has 0 amide bonds. The van der Waals surface area contributed by atoms with Gasteiger partial charge in [-0.15, -0.1) is 0 Å². The topological polar surface area (TPSA) is 38.3 Å². The Bertz CT molecular complexity index is 376. The smallest absolute Gasteiger partial charge is 0.167 e. The molecule has 1 aliphatic heterocycles. The third-order valence-electron chi connectivity index (χ3n) is 2.93. The molecule has 16 heavy (non-hydrogen) atoms. The highest BCUT2D eigenvalue weighted by molar-refractivity contribution is 5.87. The standard InChI is InChI=1S/C13H17NO2/c1-2-16-9-13(15)12-8-14-7-10-5-3-4-6-11(10)12/h3-6,12,14H,2,7-9H2,1H3. The van der Waals surface area contributed by atoms with Gasteiger partial charge in [-0.1, -0.05) is 24.3 Å². The monoisotopic (exact) mass is 219 g/mol. The van der Waals surface area contributed by atoms with Gasteiger partial charge in [-0.2, -0.15) is 0 Å². The van der Waals surface area contributed by atoms with Crippen molar-refractivity contribution in [1.82, 2.24) is 5.32 Å². The lowest BCUT2D eigenvalue weighted by Crippen LogP contribution is -2.34. The van der Waals surface area contributed by atoms with Crippen molar-refractivity contribution in [2.75, 3.05) is 19.8 Å². The summed E-state index contributed by atoms with van der Waals surface area (Å²) in [6, 6.07) is 8.12. The molecular weight excluding hydrogens is 202 g/mol. The largest absolute Gasteiger partial charge is 0.374 e. The maximum atomic E-state index is 12.0. The molecule has 3 heteroatoms. The second-order valence-electron chi connectivity index (χ2n) is 3.99. The van der Waals surface area contributed by atoms with Crippen LogP contribution in [0.1, 0.15) is 24.0 Å². The van der Waals surface area contributed by atoms with E-state index in [1.165, 1.54) is 5.56 Å². The Hall–Kier alpha value is -1.19. The maximum absolute atomic E-state index is 12.0. The van der Waals surface area contributed by atoms with Crippen molar-refractivity contribution in [3.63, 3.8) is 0 Å². The minimum atomic E-state index is -0.0449. The molecule has 1 aromatic rings. The van der Waals surface area contributed by atoms with Gasteiger partial charge in [-0.3, -0.25) is 4.79 Å². The number of rotatable bonds is 4. The van der Waals surface area contributed by atoms with E-state index < -0.39 is 0 Å². The number of carbonyl (C=O) groups excluding carboxylic acids is 1. The second-order valence-corrected chi connectivity index (χ2v) is 3.99. The van der Waals surface area contributed by atoms with Crippen molar-refractivity contribution >= 4 is 5.78 Å². The molecule has 0 aliphatic carbocycles. The zero-order chi connectivity index (χ0) is 11.4. The van der Waals surface area contributed by atoms with E-state index in [4.69, 9.17) is 4.74 Å². The van der Waals surface area contributed by atoms with Gasteiger partial charge in [0.25, 0.3) is 0 Å². The average molecular weight is 219 g/mol. The van der Waals surface area contributed by atoms with Crippen molar-refractivity contribution in [2.24, 2.45) is 0 Å². The first-order chi connectivity index (χ1) is 7.83. The van der Waals surface area contributed by atoms with Crippen LogP contribution in [0, 0.1) is 0 Å². The number of benzene rings is 1. The number of ether oxygens (including phenoxy) is 1. The Morgan fingerprint density at radius 3 is 3.12 bits per heavy atom. The van der Waals surface area contributed by atoms with Gasteiger partial charge in [0, 0.05) is 19.7 Å². The molecule has 86 valence electrons. The molecule has 0 bridgehead atoms. The van der Waals surface area contributed by atoms with Gasteiger partial charge in [-0.05, 0) is 18.1 Å². The fourth-order valence-corrected chi connectivity index (χ4v) is 2.09. The van der Waals surface area contributed by atoms with Crippen LogP contribution in [-0.2, 0) is 16.1 Å². The molecule has 1 heterocycles. The normalized spacial score (nSPS) is 19.2. The summed E-state index contributed by atoms with van der Waals surface area (Å²) in [5, 5.41) is 3.27. The molecule has 0 radical (unpaired) electrons. The van der Waals surface area contributed by atoms with E-state index in [2.05, 4.69) is 11.4 Å². The summed E-state index contributed by atoms with van der Waals surface area (Å²) in [6.45, 7) is 4.29. The Labute approximate surface area is 95.8 Å². The maximum Gasteiger partial charge on any atom is 0.167 e. The Balaban J connectivity index is 2.15. The van der Waals surface area contributed by atoms with Gasteiger partial charge < -0.3 is 10.1 Å². The molecule has 0 fully saturated rings. The highest BCUT2D eigenvalue weighted by Gasteiger charge is 2.25. The fourth-order valence-electron chi connectivity index (χ4n) is 2.09. The van der Waals surface area contributed by atoms with Gasteiger partial charge in [0.2, 0.25) is 0 Å². The molecular formula is C13H17NO2. The first-order valence-electron chi connectivity index (χ1n) is 5.72. The van der Waals surface area contributed by atoms with E-state index >= 15 is 0 Å². The van der Waals surface area contributed by atoms with Gasteiger partial charge in [0.1, 0.15) is 6.61 Å². The predicted molar refractivity (Wildman–Crippen MR) is 62.4 cm³/mol. The van der Waals surface area contributed by atoms with Crippen molar-refractivity contribution < 1.29 is 9.53 Å². The summed E-state index contributed by atoms with van der Waals surface area (Å²) in [4.78, 5) is 12.0. The number of Topliss-reactive ketones (excluding diaryl/α,β-unsaturated/α-hetero) is 1. The lowest BCUT2D eigenvalue weighted by molar-refractivity contribution is -0.125. The minimum Gasteiger partial charge on any atom is -0.374 e. The van der Waals surface area contributed by atoms with E-state index in [-0.39, 0.29) is 18.3 Å². The number of carbonyl (C=O) groups is 1. The summed E-state index contributed by atoms with van der Waals surface area (Å²) in [7, 11) is 0. The summed E-state index contributed by atoms with van der Waals surface area (Å²) in [5.41, 5.74) is 2.38. The molecule has 1 unspecified atom stereocenters. The SMILES string of the molecule is CCOCC(=O)C1CNCc2ccccc21. The van der Waals surface area contributed by atoms with E-state index in [1.54, 1.807) is 0 Å². The predicted octanol–water partition coefficient (Wildman–Crippen LogP) is 1.48. The van der Waals surface area contributed by atoms with Crippen LogP contribution in [0.25, 0.3) is 0 Å². The molecule has 0 aromatic heterocycles. The molecule has 0 spiro atoms. The third kappa shape index (κ3) is 2.31. The number of fused-ring (bicyclic) bond motifs is 1. The molecule has 0 saturated heterocycles. The molecule has 2 rings (SSSR count).